The Hall–Kier alpha value is -2.28. The topological polar surface area (TPSA) is 68.5 Å². The van der Waals surface area contributed by atoms with E-state index in [0.717, 1.165) is 0 Å². The fourth-order valence-corrected chi connectivity index (χ4v) is 2.56. The van der Waals surface area contributed by atoms with Crippen LogP contribution < -0.4 is 0 Å². The van der Waals surface area contributed by atoms with Crippen molar-refractivity contribution < 1.29 is 18.4 Å². The van der Waals surface area contributed by atoms with E-state index >= 15 is 0 Å². The van der Waals surface area contributed by atoms with Gasteiger partial charge in [0, 0.05) is 18.0 Å². The Kier molecular flexibility index (Phi) is 4.62. The van der Waals surface area contributed by atoms with Crippen LogP contribution in [0.15, 0.2) is 22.7 Å². The van der Waals surface area contributed by atoms with Crippen LogP contribution in [0.4, 0.5) is 4.39 Å². The summed E-state index contributed by atoms with van der Waals surface area (Å²) in [6.07, 6.45) is -0.416. The number of morpholine rings is 1. The second kappa shape index (κ2) is 6.68. The van der Waals surface area contributed by atoms with Gasteiger partial charge in [-0.1, -0.05) is 19.0 Å². The summed E-state index contributed by atoms with van der Waals surface area (Å²) in [4.78, 5) is 18.6. The zero-order valence-corrected chi connectivity index (χ0v) is 14.0. The van der Waals surface area contributed by atoms with E-state index in [2.05, 4.69) is 10.1 Å². The molecule has 1 saturated heterocycles. The molecule has 1 amide bonds. The zero-order chi connectivity index (χ0) is 17.3. The van der Waals surface area contributed by atoms with Gasteiger partial charge < -0.3 is 14.2 Å². The summed E-state index contributed by atoms with van der Waals surface area (Å²) in [7, 11) is 0. The lowest BCUT2D eigenvalue weighted by atomic mass is 10.1. The number of hydrogen-bond acceptors (Lipinski definition) is 5. The molecule has 1 fully saturated rings. The molecule has 6 nitrogen and oxygen atoms in total. The molecular formula is C17H20FN3O3. The lowest BCUT2D eigenvalue weighted by Crippen LogP contribution is -2.42. The Balaban J connectivity index is 1.74. The first kappa shape index (κ1) is 16.6. The monoisotopic (exact) mass is 333 g/mol. The van der Waals surface area contributed by atoms with Crippen LogP contribution in [0, 0.1) is 12.7 Å². The van der Waals surface area contributed by atoms with Crippen molar-refractivity contribution >= 4 is 5.91 Å². The molecule has 0 N–H and O–H groups in total. The summed E-state index contributed by atoms with van der Waals surface area (Å²) < 4.78 is 24.3. The fraction of sp³-hybridized carbons (Fsp3) is 0.471. The molecule has 7 heteroatoms. The van der Waals surface area contributed by atoms with Crippen LogP contribution >= 0.6 is 0 Å². The Labute approximate surface area is 139 Å². The molecule has 2 aromatic rings. The first-order valence-electron chi connectivity index (χ1n) is 7.96. The van der Waals surface area contributed by atoms with E-state index in [9.17, 15) is 9.18 Å². The van der Waals surface area contributed by atoms with Crippen molar-refractivity contribution in [3.05, 3.63) is 46.9 Å². The van der Waals surface area contributed by atoms with Gasteiger partial charge in [0.15, 0.2) is 0 Å². The summed E-state index contributed by atoms with van der Waals surface area (Å²) >= 11 is 0. The van der Waals surface area contributed by atoms with E-state index in [-0.39, 0.29) is 17.6 Å². The minimum absolute atomic E-state index is 0.134. The van der Waals surface area contributed by atoms with Gasteiger partial charge in [0.05, 0.1) is 13.2 Å². The minimum Gasteiger partial charge on any atom is -0.366 e. The maximum Gasteiger partial charge on any atom is 0.254 e. The smallest absolute Gasteiger partial charge is 0.254 e. The number of benzene rings is 1. The van der Waals surface area contributed by atoms with Gasteiger partial charge in [-0.15, -0.1) is 0 Å². The van der Waals surface area contributed by atoms with E-state index in [4.69, 9.17) is 9.26 Å². The molecule has 0 spiro atoms. The van der Waals surface area contributed by atoms with E-state index in [1.54, 1.807) is 17.9 Å². The molecule has 2 heterocycles. The molecule has 1 aromatic heterocycles. The number of aromatic nitrogens is 2. The SMILES string of the molecule is Cc1cc(C(=O)N2CCO[C@@H](c3noc(C(C)C)n3)C2)ccc1F. The summed E-state index contributed by atoms with van der Waals surface area (Å²) in [5.74, 6) is 0.658. The van der Waals surface area contributed by atoms with E-state index in [0.29, 0.717) is 42.5 Å². The number of nitrogens with zero attached hydrogens (tertiary/aromatic N) is 3. The van der Waals surface area contributed by atoms with Gasteiger partial charge in [-0.25, -0.2) is 4.39 Å². The van der Waals surface area contributed by atoms with Crippen molar-refractivity contribution in [1.29, 1.82) is 0 Å². The zero-order valence-electron chi connectivity index (χ0n) is 14.0. The molecule has 0 saturated carbocycles. The molecule has 0 aliphatic carbocycles. The second-order valence-electron chi connectivity index (χ2n) is 6.22. The van der Waals surface area contributed by atoms with E-state index < -0.39 is 6.10 Å². The second-order valence-corrected chi connectivity index (χ2v) is 6.22. The average Bonchev–Trinajstić information content (AvgIpc) is 3.07. The Bertz CT molecular complexity index is 744. The fourth-order valence-electron chi connectivity index (χ4n) is 2.56. The first-order valence-corrected chi connectivity index (χ1v) is 7.96. The van der Waals surface area contributed by atoms with Gasteiger partial charge in [-0.2, -0.15) is 4.98 Å². The normalized spacial score (nSPS) is 18.2. The number of halogens is 1. The third-order valence-corrected chi connectivity index (χ3v) is 4.00. The van der Waals surface area contributed by atoms with E-state index in [1.807, 2.05) is 13.8 Å². The lowest BCUT2D eigenvalue weighted by Gasteiger charge is -2.31. The average molecular weight is 333 g/mol. The molecule has 1 aliphatic rings. The summed E-state index contributed by atoms with van der Waals surface area (Å²) in [5, 5.41) is 3.95. The number of rotatable bonds is 3. The predicted octanol–water partition coefficient (Wildman–Crippen LogP) is 2.85. The highest BCUT2D eigenvalue weighted by molar-refractivity contribution is 5.94. The quantitative estimate of drug-likeness (QED) is 0.864. The largest absolute Gasteiger partial charge is 0.366 e. The van der Waals surface area contributed by atoms with Crippen molar-refractivity contribution in [3.63, 3.8) is 0 Å². The predicted molar refractivity (Wildman–Crippen MR) is 84.1 cm³/mol. The Morgan fingerprint density at radius 1 is 1.42 bits per heavy atom. The van der Waals surface area contributed by atoms with Crippen LogP contribution in [0.1, 0.15) is 53.5 Å². The molecule has 128 valence electrons. The molecule has 24 heavy (non-hydrogen) atoms. The first-order chi connectivity index (χ1) is 11.5. The standard InChI is InChI=1S/C17H20FN3O3/c1-10(2)16-19-15(20-24-16)14-9-21(6-7-23-14)17(22)12-4-5-13(18)11(3)8-12/h4-5,8,10,14H,6-7,9H2,1-3H3/t14-/m1/s1. The summed E-state index contributed by atoms with van der Waals surface area (Å²) in [6, 6.07) is 4.38. The molecule has 1 aromatic carbocycles. The van der Waals surface area contributed by atoms with Crippen LogP contribution in [0.3, 0.4) is 0 Å². The number of ether oxygens (including phenoxy) is 1. The third-order valence-electron chi connectivity index (χ3n) is 4.00. The van der Waals surface area contributed by atoms with Crippen LogP contribution in [0.5, 0.6) is 0 Å². The highest BCUT2D eigenvalue weighted by Crippen LogP contribution is 2.23. The third kappa shape index (κ3) is 3.31. The van der Waals surface area contributed by atoms with Crippen molar-refractivity contribution in [1.82, 2.24) is 15.0 Å². The van der Waals surface area contributed by atoms with Gasteiger partial charge in [0.1, 0.15) is 11.9 Å². The molecular weight excluding hydrogens is 313 g/mol. The number of amides is 1. The minimum atomic E-state index is -0.416. The maximum atomic E-state index is 13.4. The Morgan fingerprint density at radius 3 is 2.88 bits per heavy atom. The maximum absolute atomic E-state index is 13.4. The van der Waals surface area contributed by atoms with Crippen molar-refractivity contribution in [2.45, 2.75) is 32.8 Å². The van der Waals surface area contributed by atoms with Crippen molar-refractivity contribution in [2.75, 3.05) is 19.7 Å². The van der Waals surface area contributed by atoms with Crippen LogP contribution in [-0.2, 0) is 4.74 Å². The van der Waals surface area contributed by atoms with Crippen LogP contribution in [-0.4, -0.2) is 40.6 Å². The van der Waals surface area contributed by atoms with Crippen LogP contribution in [0.2, 0.25) is 0 Å². The Morgan fingerprint density at radius 2 is 2.21 bits per heavy atom. The number of aryl methyl sites for hydroxylation is 1. The van der Waals surface area contributed by atoms with Gasteiger partial charge >= 0.3 is 0 Å². The number of carbonyl (C=O) groups excluding carboxylic acids is 1. The summed E-state index contributed by atoms with van der Waals surface area (Å²) in [5.41, 5.74) is 0.913. The highest BCUT2D eigenvalue weighted by Gasteiger charge is 2.29. The summed E-state index contributed by atoms with van der Waals surface area (Å²) in [6.45, 7) is 6.77. The molecule has 0 radical (unpaired) electrons. The van der Waals surface area contributed by atoms with Gasteiger partial charge in [0.2, 0.25) is 11.7 Å². The molecule has 3 rings (SSSR count). The molecule has 1 aliphatic heterocycles. The van der Waals surface area contributed by atoms with Gasteiger partial charge in [-0.05, 0) is 30.7 Å². The van der Waals surface area contributed by atoms with E-state index in [1.165, 1.54) is 12.1 Å². The van der Waals surface area contributed by atoms with Crippen molar-refractivity contribution in [2.24, 2.45) is 0 Å². The van der Waals surface area contributed by atoms with Crippen LogP contribution in [0.25, 0.3) is 0 Å². The highest BCUT2D eigenvalue weighted by atomic mass is 19.1. The number of carbonyl (C=O) groups is 1. The number of hydrogen-bond donors (Lipinski definition) is 0. The molecule has 1 atom stereocenters. The molecule has 0 bridgehead atoms. The van der Waals surface area contributed by atoms with Crippen molar-refractivity contribution in [3.8, 4) is 0 Å². The molecule has 0 unspecified atom stereocenters. The lowest BCUT2D eigenvalue weighted by molar-refractivity contribution is -0.0276. The van der Waals surface area contributed by atoms with Gasteiger partial charge in [-0.3, -0.25) is 4.79 Å². The van der Waals surface area contributed by atoms with Gasteiger partial charge in [0.25, 0.3) is 5.91 Å².